The second kappa shape index (κ2) is 6.70. The largest absolute Gasteiger partial charge is 0.494 e. The van der Waals surface area contributed by atoms with Gasteiger partial charge < -0.3 is 9.84 Å². The van der Waals surface area contributed by atoms with Crippen LogP contribution in [0, 0.1) is 0 Å². The van der Waals surface area contributed by atoms with Gasteiger partial charge in [0.1, 0.15) is 5.75 Å². The first kappa shape index (κ1) is 12.5. The van der Waals surface area contributed by atoms with Crippen molar-refractivity contribution in [3.05, 3.63) is 36.2 Å². The molecule has 0 aliphatic carbocycles. The third-order valence-electron chi connectivity index (χ3n) is 2.47. The zero-order valence-corrected chi connectivity index (χ0v) is 10.1. The van der Waals surface area contributed by atoms with E-state index in [4.69, 9.17) is 9.84 Å². The maximum Gasteiger partial charge on any atom is 0.151 e. The molecule has 96 valence electrons. The van der Waals surface area contributed by atoms with Crippen LogP contribution in [0.4, 0.5) is 0 Å². The van der Waals surface area contributed by atoms with E-state index >= 15 is 0 Å². The van der Waals surface area contributed by atoms with Crippen molar-refractivity contribution in [2.75, 3.05) is 13.2 Å². The maximum atomic E-state index is 8.84. The van der Waals surface area contributed by atoms with Crippen molar-refractivity contribution >= 4 is 0 Å². The first-order chi connectivity index (χ1) is 8.90. The second-order valence-corrected chi connectivity index (χ2v) is 3.81. The molecule has 0 fully saturated rings. The molecular formula is C12H16N4O2. The van der Waals surface area contributed by atoms with E-state index in [0.29, 0.717) is 13.2 Å². The fourth-order valence-electron chi connectivity index (χ4n) is 1.61. The quantitative estimate of drug-likeness (QED) is 0.729. The molecule has 1 N–H and O–H groups in total. The summed E-state index contributed by atoms with van der Waals surface area (Å²) in [6, 6.07) is 9.69. The number of tetrazole rings is 1. The number of hydrogen-bond acceptors (Lipinski definition) is 5. The summed E-state index contributed by atoms with van der Waals surface area (Å²) in [5, 5.41) is 20.1. The highest BCUT2D eigenvalue weighted by Crippen LogP contribution is 2.09. The molecule has 6 nitrogen and oxygen atoms in total. The Labute approximate surface area is 105 Å². The Morgan fingerprint density at radius 1 is 1.22 bits per heavy atom. The standard InChI is InChI=1S/C12H16N4O2/c17-9-8-16-12(13-14-15-16)7-4-10-18-11-5-2-1-3-6-11/h1-3,5-6,17H,4,7-10H2. The van der Waals surface area contributed by atoms with Gasteiger partial charge in [0.05, 0.1) is 19.8 Å². The summed E-state index contributed by atoms with van der Waals surface area (Å²) in [5.74, 6) is 1.65. The van der Waals surface area contributed by atoms with E-state index < -0.39 is 0 Å². The van der Waals surface area contributed by atoms with Crippen molar-refractivity contribution in [3.63, 3.8) is 0 Å². The highest BCUT2D eigenvalue weighted by molar-refractivity contribution is 5.20. The number of ether oxygens (including phenoxy) is 1. The van der Waals surface area contributed by atoms with Gasteiger partial charge in [0.2, 0.25) is 0 Å². The Morgan fingerprint density at radius 3 is 2.83 bits per heavy atom. The predicted molar refractivity (Wildman–Crippen MR) is 65.2 cm³/mol. The lowest BCUT2D eigenvalue weighted by Crippen LogP contribution is -2.10. The first-order valence-corrected chi connectivity index (χ1v) is 5.94. The number of para-hydroxylation sites is 1. The lowest BCUT2D eigenvalue weighted by atomic mass is 10.3. The SMILES string of the molecule is OCCn1nnnc1CCCOc1ccccc1. The zero-order valence-electron chi connectivity index (χ0n) is 10.1. The summed E-state index contributed by atoms with van der Waals surface area (Å²) >= 11 is 0. The summed E-state index contributed by atoms with van der Waals surface area (Å²) in [6.07, 6.45) is 1.57. The van der Waals surface area contributed by atoms with Crippen molar-refractivity contribution in [2.45, 2.75) is 19.4 Å². The number of hydrogen-bond donors (Lipinski definition) is 1. The molecule has 0 unspecified atom stereocenters. The molecule has 1 heterocycles. The monoisotopic (exact) mass is 248 g/mol. The maximum absolute atomic E-state index is 8.84. The molecule has 0 aliphatic rings. The van der Waals surface area contributed by atoms with E-state index in [0.717, 1.165) is 24.4 Å². The van der Waals surface area contributed by atoms with Gasteiger partial charge in [-0.1, -0.05) is 18.2 Å². The van der Waals surface area contributed by atoms with Crippen LogP contribution in [0.15, 0.2) is 30.3 Å². The van der Waals surface area contributed by atoms with Crippen LogP contribution in [0.25, 0.3) is 0 Å². The van der Waals surface area contributed by atoms with Crippen LogP contribution in [0.3, 0.4) is 0 Å². The Kier molecular flexibility index (Phi) is 4.66. The minimum atomic E-state index is 0.0402. The van der Waals surface area contributed by atoms with Crippen LogP contribution >= 0.6 is 0 Å². The van der Waals surface area contributed by atoms with Crippen molar-refractivity contribution in [1.82, 2.24) is 20.2 Å². The molecule has 0 saturated carbocycles. The van der Waals surface area contributed by atoms with Crippen LogP contribution in [0.2, 0.25) is 0 Å². The smallest absolute Gasteiger partial charge is 0.151 e. The molecule has 0 amide bonds. The number of aliphatic hydroxyl groups excluding tert-OH is 1. The molecule has 0 radical (unpaired) electrons. The lowest BCUT2D eigenvalue weighted by Gasteiger charge is -2.05. The summed E-state index contributed by atoms with van der Waals surface area (Å²) in [5.41, 5.74) is 0. The zero-order chi connectivity index (χ0) is 12.6. The lowest BCUT2D eigenvalue weighted by molar-refractivity contribution is 0.264. The molecule has 1 aromatic heterocycles. The van der Waals surface area contributed by atoms with Gasteiger partial charge >= 0.3 is 0 Å². The number of aryl methyl sites for hydroxylation is 1. The van der Waals surface area contributed by atoms with Crippen molar-refractivity contribution in [1.29, 1.82) is 0 Å². The third kappa shape index (κ3) is 3.53. The number of benzene rings is 1. The van der Waals surface area contributed by atoms with Gasteiger partial charge in [-0.15, -0.1) is 5.10 Å². The topological polar surface area (TPSA) is 73.1 Å². The fourth-order valence-corrected chi connectivity index (χ4v) is 1.61. The molecule has 18 heavy (non-hydrogen) atoms. The van der Waals surface area contributed by atoms with Crippen LogP contribution in [-0.2, 0) is 13.0 Å². The molecule has 2 rings (SSSR count). The van der Waals surface area contributed by atoms with Gasteiger partial charge in [-0.25, -0.2) is 4.68 Å². The highest BCUT2D eigenvalue weighted by Gasteiger charge is 2.04. The van der Waals surface area contributed by atoms with Crippen molar-refractivity contribution < 1.29 is 9.84 Å². The third-order valence-corrected chi connectivity index (χ3v) is 2.47. The predicted octanol–water partition coefficient (Wildman–Crippen LogP) is 0.677. The first-order valence-electron chi connectivity index (χ1n) is 5.94. The summed E-state index contributed by atoms with van der Waals surface area (Å²) in [4.78, 5) is 0. The Bertz CT molecular complexity index is 458. The molecule has 1 aromatic carbocycles. The summed E-state index contributed by atoms with van der Waals surface area (Å²) in [7, 11) is 0. The number of rotatable bonds is 7. The molecular weight excluding hydrogens is 232 g/mol. The van der Waals surface area contributed by atoms with E-state index in [1.54, 1.807) is 4.68 Å². The molecule has 0 spiro atoms. The van der Waals surface area contributed by atoms with E-state index in [-0.39, 0.29) is 6.61 Å². The van der Waals surface area contributed by atoms with Gasteiger partial charge in [-0.05, 0) is 29.0 Å². The normalized spacial score (nSPS) is 10.5. The molecule has 0 aliphatic heterocycles. The van der Waals surface area contributed by atoms with E-state index in [1.165, 1.54) is 0 Å². The van der Waals surface area contributed by atoms with Crippen LogP contribution in [0.5, 0.6) is 5.75 Å². The van der Waals surface area contributed by atoms with Crippen LogP contribution in [0.1, 0.15) is 12.2 Å². The number of aromatic nitrogens is 4. The van der Waals surface area contributed by atoms with Crippen LogP contribution < -0.4 is 4.74 Å². The van der Waals surface area contributed by atoms with Gasteiger partial charge in [-0.2, -0.15) is 0 Å². The van der Waals surface area contributed by atoms with E-state index in [9.17, 15) is 0 Å². The Morgan fingerprint density at radius 2 is 2.06 bits per heavy atom. The average molecular weight is 248 g/mol. The fraction of sp³-hybridized carbons (Fsp3) is 0.417. The summed E-state index contributed by atoms with van der Waals surface area (Å²) < 4.78 is 7.19. The Hall–Kier alpha value is -1.95. The average Bonchev–Trinajstić information content (AvgIpc) is 2.84. The molecule has 0 bridgehead atoms. The van der Waals surface area contributed by atoms with Crippen LogP contribution in [-0.4, -0.2) is 38.5 Å². The highest BCUT2D eigenvalue weighted by atomic mass is 16.5. The van der Waals surface area contributed by atoms with Crippen molar-refractivity contribution in [3.8, 4) is 5.75 Å². The molecule has 0 atom stereocenters. The van der Waals surface area contributed by atoms with Gasteiger partial charge in [0.25, 0.3) is 0 Å². The van der Waals surface area contributed by atoms with E-state index in [2.05, 4.69) is 15.5 Å². The van der Waals surface area contributed by atoms with Crippen molar-refractivity contribution in [2.24, 2.45) is 0 Å². The molecule has 0 saturated heterocycles. The molecule has 6 heteroatoms. The number of nitrogens with zero attached hydrogens (tertiary/aromatic N) is 4. The van der Waals surface area contributed by atoms with E-state index in [1.807, 2.05) is 30.3 Å². The summed E-state index contributed by atoms with van der Waals surface area (Å²) in [6.45, 7) is 1.09. The number of aliphatic hydroxyl groups is 1. The van der Waals surface area contributed by atoms with Gasteiger partial charge in [0, 0.05) is 6.42 Å². The minimum absolute atomic E-state index is 0.0402. The van der Waals surface area contributed by atoms with Gasteiger partial charge in [0.15, 0.2) is 5.82 Å². The minimum Gasteiger partial charge on any atom is -0.494 e. The second-order valence-electron chi connectivity index (χ2n) is 3.81. The van der Waals surface area contributed by atoms with Gasteiger partial charge in [-0.3, -0.25) is 0 Å². The Balaban J connectivity index is 1.73. The molecule has 2 aromatic rings.